The van der Waals surface area contributed by atoms with Crippen LogP contribution in [0.4, 0.5) is 0 Å². The van der Waals surface area contributed by atoms with Gasteiger partial charge in [0.2, 0.25) is 21.1 Å². The molecule has 1 aliphatic heterocycles. The molecular formula is C19H29N7O4S2. The molecule has 0 radical (unpaired) electrons. The molecule has 2 aromatic heterocycles. The first-order valence-corrected chi connectivity index (χ1v) is 13.3. The standard InChI is InChI=1S/C19H29N7O4S2/c1-13-17(14(2)30-23-13)32(28,29)25-10-8-24(9-11-25)16(27)12-31-19-22-21-18(26(19)20)15-6-4-3-5-7-15/h15H,3-12,20H2,1-2H3. The van der Waals surface area contributed by atoms with E-state index in [-0.39, 0.29) is 35.4 Å². The number of aromatic nitrogens is 4. The Morgan fingerprint density at radius 1 is 1.12 bits per heavy atom. The van der Waals surface area contributed by atoms with Gasteiger partial charge >= 0.3 is 0 Å². The lowest BCUT2D eigenvalue weighted by molar-refractivity contribution is -0.129. The van der Waals surface area contributed by atoms with Crippen LogP contribution in [0.15, 0.2) is 14.6 Å². The molecule has 1 amide bonds. The molecular weight excluding hydrogens is 454 g/mol. The van der Waals surface area contributed by atoms with Crippen LogP contribution in [0.2, 0.25) is 0 Å². The van der Waals surface area contributed by atoms with Gasteiger partial charge in [0.1, 0.15) is 10.6 Å². The molecule has 0 bridgehead atoms. The largest absolute Gasteiger partial charge is 0.360 e. The third kappa shape index (κ3) is 4.50. The number of carbonyl (C=O) groups excluding carboxylic acids is 1. The minimum atomic E-state index is -3.70. The topological polar surface area (TPSA) is 140 Å². The average molecular weight is 484 g/mol. The van der Waals surface area contributed by atoms with Crippen LogP contribution >= 0.6 is 11.8 Å². The quantitative estimate of drug-likeness (QED) is 0.475. The lowest BCUT2D eigenvalue weighted by atomic mass is 9.89. The molecule has 0 aromatic carbocycles. The number of nitrogens with zero attached hydrogens (tertiary/aromatic N) is 6. The molecule has 4 rings (SSSR count). The van der Waals surface area contributed by atoms with Crippen molar-refractivity contribution in [1.82, 2.24) is 29.2 Å². The molecule has 2 aromatic rings. The van der Waals surface area contributed by atoms with E-state index >= 15 is 0 Å². The van der Waals surface area contributed by atoms with Gasteiger partial charge in [0, 0.05) is 32.1 Å². The van der Waals surface area contributed by atoms with Crippen LogP contribution in [0, 0.1) is 13.8 Å². The van der Waals surface area contributed by atoms with Crippen molar-refractivity contribution in [2.45, 2.75) is 61.9 Å². The first-order chi connectivity index (χ1) is 15.3. The second-order valence-electron chi connectivity index (χ2n) is 8.27. The van der Waals surface area contributed by atoms with Crippen LogP contribution in [0.3, 0.4) is 0 Å². The summed E-state index contributed by atoms with van der Waals surface area (Å²) in [5, 5.41) is 12.7. The van der Waals surface area contributed by atoms with Crippen molar-refractivity contribution in [3.8, 4) is 0 Å². The minimum absolute atomic E-state index is 0.0772. The summed E-state index contributed by atoms with van der Waals surface area (Å²) in [6, 6.07) is 0. The number of thioether (sulfide) groups is 1. The first kappa shape index (κ1) is 23.1. The van der Waals surface area contributed by atoms with Gasteiger partial charge < -0.3 is 15.3 Å². The highest BCUT2D eigenvalue weighted by Crippen LogP contribution is 2.32. The van der Waals surface area contributed by atoms with Crippen LogP contribution in [-0.2, 0) is 14.8 Å². The summed E-state index contributed by atoms with van der Waals surface area (Å²) < 4.78 is 33.8. The molecule has 3 heterocycles. The van der Waals surface area contributed by atoms with Crippen molar-refractivity contribution in [2.75, 3.05) is 37.8 Å². The van der Waals surface area contributed by atoms with Crippen molar-refractivity contribution in [2.24, 2.45) is 0 Å². The molecule has 0 spiro atoms. The molecule has 1 saturated heterocycles. The Bertz CT molecular complexity index is 1050. The van der Waals surface area contributed by atoms with Crippen molar-refractivity contribution in [3.05, 3.63) is 17.3 Å². The Morgan fingerprint density at radius 2 is 1.81 bits per heavy atom. The zero-order valence-electron chi connectivity index (χ0n) is 18.4. The maximum Gasteiger partial charge on any atom is 0.248 e. The van der Waals surface area contributed by atoms with Crippen LogP contribution in [-0.4, -0.2) is 75.5 Å². The van der Waals surface area contributed by atoms with Gasteiger partial charge in [0.25, 0.3) is 0 Å². The lowest BCUT2D eigenvalue weighted by Gasteiger charge is -2.33. The normalized spacial score (nSPS) is 18.9. The number of carbonyl (C=O) groups is 1. The van der Waals surface area contributed by atoms with E-state index in [1.807, 2.05) is 0 Å². The van der Waals surface area contributed by atoms with Crippen LogP contribution in [0.5, 0.6) is 0 Å². The molecule has 2 fully saturated rings. The van der Waals surface area contributed by atoms with E-state index < -0.39 is 10.0 Å². The highest BCUT2D eigenvalue weighted by atomic mass is 32.2. The summed E-state index contributed by atoms with van der Waals surface area (Å²) in [5.74, 6) is 7.69. The fraction of sp³-hybridized carbons (Fsp3) is 0.684. The second-order valence-corrected chi connectivity index (χ2v) is 11.1. The fourth-order valence-corrected chi connectivity index (χ4v) is 6.87. The zero-order valence-corrected chi connectivity index (χ0v) is 20.0. The van der Waals surface area contributed by atoms with E-state index in [1.165, 1.54) is 40.0 Å². The van der Waals surface area contributed by atoms with E-state index in [0.717, 1.165) is 18.7 Å². The smallest absolute Gasteiger partial charge is 0.248 e. The number of aryl methyl sites for hydroxylation is 2. The van der Waals surface area contributed by atoms with Gasteiger partial charge in [-0.05, 0) is 26.7 Å². The predicted octanol–water partition coefficient (Wildman–Crippen LogP) is 1.27. The van der Waals surface area contributed by atoms with Crippen LogP contribution in [0.25, 0.3) is 0 Å². The number of sulfonamides is 1. The second kappa shape index (κ2) is 9.40. The van der Waals surface area contributed by atoms with Gasteiger partial charge in [0.15, 0.2) is 11.6 Å². The number of hydrogen-bond acceptors (Lipinski definition) is 9. The highest BCUT2D eigenvalue weighted by molar-refractivity contribution is 7.99. The Kier molecular flexibility index (Phi) is 6.77. The molecule has 32 heavy (non-hydrogen) atoms. The van der Waals surface area contributed by atoms with Crippen molar-refractivity contribution < 1.29 is 17.7 Å². The Balaban J connectivity index is 1.31. The van der Waals surface area contributed by atoms with Crippen LogP contribution < -0.4 is 5.84 Å². The molecule has 2 N–H and O–H groups in total. The number of amides is 1. The maximum absolute atomic E-state index is 12.9. The van der Waals surface area contributed by atoms with Gasteiger partial charge in [-0.25, -0.2) is 13.1 Å². The van der Waals surface area contributed by atoms with E-state index in [2.05, 4.69) is 15.4 Å². The summed E-state index contributed by atoms with van der Waals surface area (Å²) in [6.45, 7) is 4.29. The van der Waals surface area contributed by atoms with Crippen LogP contribution in [0.1, 0.15) is 55.3 Å². The molecule has 13 heteroatoms. The zero-order chi connectivity index (χ0) is 22.9. The summed E-state index contributed by atoms with van der Waals surface area (Å²) in [7, 11) is -3.70. The van der Waals surface area contributed by atoms with Gasteiger partial charge in [-0.1, -0.05) is 36.2 Å². The van der Waals surface area contributed by atoms with E-state index in [0.29, 0.717) is 29.9 Å². The summed E-state index contributed by atoms with van der Waals surface area (Å²) in [6.07, 6.45) is 5.74. The Hall–Kier alpha value is -2.12. The van der Waals surface area contributed by atoms with Crippen molar-refractivity contribution >= 4 is 27.7 Å². The third-order valence-electron chi connectivity index (χ3n) is 6.14. The molecule has 11 nitrogen and oxygen atoms in total. The van der Waals surface area contributed by atoms with E-state index in [4.69, 9.17) is 10.4 Å². The first-order valence-electron chi connectivity index (χ1n) is 10.8. The average Bonchev–Trinajstić information content (AvgIpc) is 3.34. The SMILES string of the molecule is Cc1noc(C)c1S(=O)(=O)N1CCN(C(=O)CSc2nnc(C3CCCCC3)n2N)CC1. The Labute approximate surface area is 191 Å². The van der Waals surface area contributed by atoms with Crippen molar-refractivity contribution in [3.63, 3.8) is 0 Å². The highest BCUT2D eigenvalue weighted by Gasteiger charge is 2.34. The molecule has 1 saturated carbocycles. The molecule has 0 atom stereocenters. The summed E-state index contributed by atoms with van der Waals surface area (Å²) in [5.41, 5.74) is 0.343. The lowest BCUT2D eigenvalue weighted by Crippen LogP contribution is -2.51. The molecule has 176 valence electrons. The van der Waals surface area contributed by atoms with Gasteiger partial charge in [-0.2, -0.15) is 4.31 Å². The fourth-order valence-electron chi connectivity index (χ4n) is 4.39. The van der Waals surface area contributed by atoms with Gasteiger partial charge in [-0.15, -0.1) is 10.2 Å². The van der Waals surface area contributed by atoms with E-state index in [1.54, 1.807) is 18.7 Å². The van der Waals surface area contributed by atoms with E-state index in [9.17, 15) is 13.2 Å². The summed E-state index contributed by atoms with van der Waals surface area (Å²) >= 11 is 1.26. The monoisotopic (exact) mass is 483 g/mol. The third-order valence-corrected chi connectivity index (χ3v) is 9.21. The summed E-state index contributed by atoms with van der Waals surface area (Å²) in [4.78, 5) is 14.5. The number of rotatable bonds is 6. The maximum atomic E-state index is 12.9. The van der Waals surface area contributed by atoms with Crippen molar-refractivity contribution in [1.29, 1.82) is 0 Å². The molecule has 2 aliphatic rings. The number of nitrogens with two attached hydrogens (primary N) is 1. The number of nitrogen functional groups attached to an aromatic ring is 1. The van der Waals surface area contributed by atoms with Gasteiger partial charge in [0.05, 0.1) is 5.75 Å². The number of piperazine rings is 1. The Morgan fingerprint density at radius 3 is 2.44 bits per heavy atom. The predicted molar refractivity (Wildman–Crippen MR) is 118 cm³/mol. The minimum Gasteiger partial charge on any atom is -0.360 e. The van der Waals surface area contributed by atoms with Gasteiger partial charge in [-0.3, -0.25) is 4.79 Å². The molecule has 1 aliphatic carbocycles. The number of hydrogen-bond donors (Lipinski definition) is 1. The molecule has 0 unspecified atom stereocenters.